The Morgan fingerprint density at radius 1 is 1.09 bits per heavy atom. The summed E-state index contributed by atoms with van der Waals surface area (Å²) in [6, 6.07) is 17.4. The fourth-order valence-corrected chi connectivity index (χ4v) is 9.54. The van der Waals surface area contributed by atoms with E-state index in [1.807, 2.05) is 30.5 Å². The minimum atomic E-state index is -1.10. The molecule has 286 valence electrons. The maximum atomic E-state index is 13.0. The van der Waals surface area contributed by atoms with Crippen LogP contribution in [0.15, 0.2) is 67.0 Å². The number of nitrogens with zero attached hydrogens (tertiary/aromatic N) is 4. The molecule has 3 aliphatic rings. The third kappa shape index (κ3) is 7.54. The van der Waals surface area contributed by atoms with Crippen molar-refractivity contribution in [1.82, 2.24) is 19.7 Å². The van der Waals surface area contributed by atoms with Crippen LogP contribution in [0.25, 0.3) is 0 Å². The number of carbonyl (C=O) groups is 2. The van der Waals surface area contributed by atoms with E-state index in [9.17, 15) is 14.7 Å². The predicted molar refractivity (Wildman–Crippen MR) is 210 cm³/mol. The van der Waals surface area contributed by atoms with Gasteiger partial charge in [0.25, 0.3) is 5.91 Å². The molecule has 1 spiro atoms. The molecule has 1 fully saturated rings. The minimum Gasteiger partial charge on any atom is -0.493 e. The quantitative estimate of drug-likeness (QED) is 0.141. The lowest BCUT2D eigenvalue weighted by molar-refractivity contribution is -0.144. The summed E-state index contributed by atoms with van der Waals surface area (Å²) < 4.78 is 14.5. The zero-order valence-corrected chi connectivity index (χ0v) is 32.6. The first-order valence-electron chi connectivity index (χ1n) is 19.4. The molecule has 2 aromatic heterocycles. The molecule has 7 rings (SSSR count). The number of aryl methyl sites for hydroxylation is 2. The normalized spacial score (nSPS) is 23.6. The highest BCUT2D eigenvalue weighted by molar-refractivity contribution is 6.30. The van der Waals surface area contributed by atoms with Gasteiger partial charge in [-0.1, -0.05) is 37.6 Å². The van der Waals surface area contributed by atoms with Gasteiger partial charge in [0.2, 0.25) is 0 Å². The first kappa shape index (κ1) is 37.7. The first-order chi connectivity index (χ1) is 26.0. The molecule has 3 aliphatic carbocycles. The van der Waals surface area contributed by atoms with Crippen LogP contribution in [0, 0.1) is 11.8 Å². The monoisotopic (exact) mass is 753 g/mol. The first-order valence-corrected chi connectivity index (χ1v) is 19.7. The Morgan fingerprint density at radius 3 is 2.65 bits per heavy atom. The lowest BCUT2D eigenvalue weighted by Crippen LogP contribution is -2.53. The highest BCUT2D eigenvalue weighted by atomic mass is 35.5. The van der Waals surface area contributed by atoms with Gasteiger partial charge in [-0.05, 0) is 135 Å². The number of aliphatic carboxylic acids is 1. The number of carboxylic acid groups (broad SMARTS) is 1. The zero-order valence-electron chi connectivity index (χ0n) is 31.8. The van der Waals surface area contributed by atoms with E-state index in [2.05, 4.69) is 41.4 Å². The van der Waals surface area contributed by atoms with Crippen molar-refractivity contribution in [3.05, 3.63) is 100 Å². The molecular formula is C43H52ClN5O5. The van der Waals surface area contributed by atoms with E-state index in [1.54, 1.807) is 48.1 Å². The average Bonchev–Trinajstić information content (AvgIpc) is 3.71. The summed E-state index contributed by atoms with van der Waals surface area (Å²) in [6.07, 6.45) is 11.1. The second kappa shape index (κ2) is 15.7. The second-order valence-electron chi connectivity index (χ2n) is 15.9. The van der Waals surface area contributed by atoms with Gasteiger partial charge in [-0.3, -0.25) is 14.5 Å². The highest BCUT2D eigenvalue weighted by Gasteiger charge is 2.54. The van der Waals surface area contributed by atoms with Crippen molar-refractivity contribution in [3.63, 3.8) is 0 Å². The van der Waals surface area contributed by atoms with Crippen LogP contribution in [-0.2, 0) is 30.1 Å². The molecule has 2 N–H and O–H groups in total. The number of aromatic nitrogens is 3. The molecule has 11 heteroatoms. The van der Waals surface area contributed by atoms with E-state index in [4.69, 9.17) is 21.1 Å². The number of halogens is 1. The van der Waals surface area contributed by atoms with Crippen molar-refractivity contribution in [2.75, 3.05) is 32.1 Å². The number of benzene rings is 2. The van der Waals surface area contributed by atoms with Crippen LogP contribution in [0.5, 0.6) is 11.5 Å². The van der Waals surface area contributed by atoms with Crippen LogP contribution in [-0.4, -0.2) is 69.0 Å². The summed E-state index contributed by atoms with van der Waals surface area (Å²) >= 11 is 6.29. The Bertz CT molecular complexity index is 1990. The van der Waals surface area contributed by atoms with Gasteiger partial charge in [-0.15, -0.1) is 0 Å². The van der Waals surface area contributed by atoms with Crippen LogP contribution >= 0.6 is 11.6 Å². The maximum absolute atomic E-state index is 13.0. The number of hydrogen-bond acceptors (Lipinski definition) is 7. The summed E-state index contributed by atoms with van der Waals surface area (Å²) in [6.45, 7) is 5.92. The number of amides is 1. The van der Waals surface area contributed by atoms with Gasteiger partial charge in [-0.2, -0.15) is 5.10 Å². The molecule has 2 aromatic carbocycles. The summed E-state index contributed by atoms with van der Waals surface area (Å²) in [5, 5.41) is 18.7. The summed E-state index contributed by atoms with van der Waals surface area (Å²) in [4.78, 5) is 32.3. The van der Waals surface area contributed by atoms with E-state index >= 15 is 0 Å². The third-order valence-corrected chi connectivity index (χ3v) is 12.6. The number of nitrogens with one attached hydrogen (secondary N) is 1. The van der Waals surface area contributed by atoms with Crippen molar-refractivity contribution < 1.29 is 24.2 Å². The molecule has 54 heavy (non-hydrogen) atoms. The SMILES string of the molecule is C[C@@H](COc1ccnc2c1[C@H](C)CCC2)C[C@H]1Cc2ccc(OCCN(C)C(=O)c3ccnn3C)cc2C12CCC(Nc1cccc(Cl)c1)(C(=O)O)CC2. The van der Waals surface area contributed by atoms with Crippen LogP contribution in [0.4, 0.5) is 5.69 Å². The molecule has 0 saturated heterocycles. The third-order valence-electron chi connectivity index (χ3n) is 12.3. The number of ether oxygens (including phenoxy) is 2. The number of likely N-dealkylation sites (N-methyl/N-ethyl adjacent to an activating group) is 1. The predicted octanol–water partition coefficient (Wildman–Crippen LogP) is 8.08. The van der Waals surface area contributed by atoms with Crippen molar-refractivity contribution in [1.29, 1.82) is 0 Å². The van der Waals surface area contributed by atoms with Gasteiger partial charge in [0.05, 0.1) is 13.2 Å². The molecule has 1 amide bonds. The molecule has 3 atom stereocenters. The summed E-state index contributed by atoms with van der Waals surface area (Å²) in [5.41, 5.74) is 4.92. The maximum Gasteiger partial charge on any atom is 0.329 e. The fraction of sp³-hybridized carbons (Fsp3) is 0.488. The Hall–Kier alpha value is -4.57. The van der Waals surface area contributed by atoms with Gasteiger partial charge in [0.1, 0.15) is 29.3 Å². The Morgan fingerprint density at radius 2 is 1.91 bits per heavy atom. The van der Waals surface area contributed by atoms with Gasteiger partial charge >= 0.3 is 5.97 Å². The van der Waals surface area contributed by atoms with Gasteiger partial charge in [0.15, 0.2) is 0 Å². The van der Waals surface area contributed by atoms with E-state index < -0.39 is 11.5 Å². The topological polar surface area (TPSA) is 119 Å². The van der Waals surface area contributed by atoms with Crippen LogP contribution in [0.3, 0.4) is 0 Å². The number of carboxylic acids is 1. The Balaban J connectivity index is 1.10. The van der Waals surface area contributed by atoms with Crippen LogP contribution < -0.4 is 14.8 Å². The standard InChI is InChI=1S/C43H52ClN5O5/c1-28(27-54-38-14-19-45-36-10-5-7-29(2)39(36)38)23-31-24-30-11-12-34(53-22-21-48(3)40(50)37-13-20-46-49(37)4)26-35(30)42(31)15-17-43(18-16-42,41(51)52)47-33-9-6-8-32(44)25-33/h6,8-9,11-14,19-20,25-26,28-29,31,47H,5,7,10,15-18,21-24,27H2,1-4H3,(H,51,52)/t28-,29-,31+,42?,43?/m1/s1. The van der Waals surface area contributed by atoms with Crippen molar-refractivity contribution >= 4 is 29.2 Å². The zero-order chi connectivity index (χ0) is 38.0. The molecule has 0 radical (unpaired) electrons. The van der Waals surface area contributed by atoms with Crippen molar-refractivity contribution in [2.24, 2.45) is 18.9 Å². The average molecular weight is 754 g/mol. The van der Waals surface area contributed by atoms with Gasteiger partial charge in [0, 0.05) is 48.5 Å². The minimum absolute atomic E-state index is 0.110. The number of hydrogen-bond donors (Lipinski definition) is 2. The van der Waals surface area contributed by atoms with Crippen LogP contribution in [0.1, 0.15) is 97.6 Å². The molecular weight excluding hydrogens is 702 g/mol. The number of carbonyl (C=O) groups excluding carboxylic acids is 1. The number of rotatable bonds is 13. The molecule has 4 aromatic rings. The molecule has 1 saturated carbocycles. The molecule has 0 aliphatic heterocycles. The lowest BCUT2D eigenvalue weighted by atomic mass is 9.59. The Labute approximate surface area is 323 Å². The van der Waals surface area contributed by atoms with Crippen LogP contribution in [0.2, 0.25) is 5.02 Å². The van der Waals surface area contributed by atoms with Crippen molar-refractivity contribution in [2.45, 2.75) is 88.5 Å². The van der Waals surface area contributed by atoms with Gasteiger partial charge in [-0.25, -0.2) is 4.79 Å². The number of pyridine rings is 1. The molecule has 2 heterocycles. The highest BCUT2D eigenvalue weighted by Crippen LogP contribution is 2.57. The molecule has 0 unspecified atom stereocenters. The Kier molecular flexibility index (Phi) is 10.9. The summed E-state index contributed by atoms with van der Waals surface area (Å²) in [5.74, 6) is 1.81. The summed E-state index contributed by atoms with van der Waals surface area (Å²) in [7, 11) is 3.52. The van der Waals surface area contributed by atoms with E-state index in [0.29, 0.717) is 60.8 Å². The lowest BCUT2D eigenvalue weighted by Gasteiger charge is -2.47. The fourth-order valence-electron chi connectivity index (χ4n) is 9.35. The van der Waals surface area contributed by atoms with E-state index in [1.165, 1.54) is 28.8 Å². The second-order valence-corrected chi connectivity index (χ2v) is 16.4. The van der Waals surface area contributed by atoms with Crippen molar-refractivity contribution in [3.8, 4) is 11.5 Å². The van der Waals surface area contributed by atoms with E-state index in [0.717, 1.165) is 50.0 Å². The molecule has 0 bridgehead atoms. The largest absolute Gasteiger partial charge is 0.493 e. The van der Waals surface area contributed by atoms with E-state index in [-0.39, 0.29) is 17.2 Å². The number of anilines is 1. The van der Waals surface area contributed by atoms with Gasteiger partial charge < -0.3 is 24.8 Å². The molecule has 10 nitrogen and oxygen atoms in total. The number of fused-ring (bicyclic) bond motifs is 3. The smallest absolute Gasteiger partial charge is 0.329 e.